The standard InChI is InChI=1S/C26H25ClN4O10S2/c1-13-11-14(2)22(40-26(33)39-18-7-5-17(6-8-18)12-38-31(34)35)15(3)21(13)28-24(32)23-19(9-10-42-23)43(36,37)30-25-20(27)16(4)29-41-25/h5-11,30,34-35H,12H2,1-4H3,(H,28,32). The van der Waals surface area contributed by atoms with E-state index in [0.717, 1.165) is 11.3 Å². The highest BCUT2D eigenvalue weighted by Gasteiger charge is 2.28. The average Bonchev–Trinajstić information content (AvgIpc) is 3.56. The van der Waals surface area contributed by atoms with Gasteiger partial charge in [-0.25, -0.2) is 22.8 Å². The zero-order chi connectivity index (χ0) is 31.5. The van der Waals surface area contributed by atoms with Crippen LogP contribution in [0.5, 0.6) is 11.5 Å². The molecule has 1 amide bonds. The van der Waals surface area contributed by atoms with Crippen molar-refractivity contribution in [2.75, 3.05) is 10.0 Å². The van der Waals surface area contributed by atoms with Gasteiger partial charge in [-0.1, -0.05) is 35.0 Å². The van der Waals surface area contributed by atoms with Crippen molar-refractivity contribution in [2.45, 2.75) is 39.2 Å². The number of aromatic nitrogens is 1. The molecule has 14 nitrogen and oxygen atoms in total. The molecule has 228 valence electrons. The predicted octanol–water partition coefficient (Wildman–Crippen LogP) is 5.77. The molecular weight excluding hydrogens is 628 g/mol. The number of amides is 1. The van der Waals surface area contributed by atoms with E-state index >= 15 is 0 Å². The second-order valence-corrected chi connectivity index (χ2v) is 12.0. The lowest BCUT2D eigenvalue weighted by Gasteiger charge is -2.17. The lowest BCUT2D eigenvalue weighted by Crippen LogP contribution is -2.20. The van der Waals surface area contributed by atoms with Crippen LogP contribution in [0.1, 0.15) is 37.6 Å². The quantitative estimate of drug-likeness (QED) is 0.0921. The first-order valence-electron chi connectivity index (χ1n) is 12.2. The number of ether oxygens (including phenoxy) is 2. The SMILES string of the molecule is Cc1cc(C)c(OC(=O)Oc2ccc(CON(O)O)cc2)c(C)c1NC(=O)c1sccc1S(=O)(=O)Nc1onc(C)c1Cl. The highest BCUT2D eigenvalue weighted by molar-refractivity contribution is 7.93. The number of sulfonamides is 1. The van der Waals surface area contributed by atoms with Gasteiger partial charge >= 0.3 is 6.16 Å². The van der Waals surface area contributed by atoms with Gasteiger partial charge in [0.25, 0.3) is 21.8 Å². The van der Waals surface area contributed by atoms with Gasteiger partial charge < -0.3 is 19.3 Å². The number of anilines is 2. The monoisotopic (exact) mass is 652 g/mol. The van der Waals surface area contributed by atoms with Gasteiger partial charge in [-0.05, 0) is 68.0 Å². The van der Waals surface area contributed by atoms with Crippen LogP contribution >= 0.6 is 22.9 Å². The van der Waals surface area contributed by atoms with E-state index in [9.17, 15) is 18.0 Å². The first-order valence-corrected chi connectivity index (χ1v) is 14.9. The van der Waals surface area contributed by atoms with Gasteiger partial charge in [0, 0.05) is 5.56 Å². The lowest BCUT2D eigenvalue weighted by molar-refractivity contribution is -0.497. The zero-order valence-corrected chi connectivity index (χ0v) is 25.4. The number of carbonyl (C=O) groups excluding carboxylic acids is 2. The van der Waals surface area contributed by atoms with Crippen LogP contribution < -0.4 is 19.5 Å². The molecule has 17 heteroatoms. The molecule has 0 atom stereocenters. The van der Waals surface area contributed by atoms with Gasteiger partial charge in [-0.3, -0.25) is 15.2 Å². The summed E-state index contributed by atoms with van der Waals surface area (Å²) in [4.78, 5) is 30.0. The van der Waals surface area contributed by atoms with Crippen LogP contribution in [0, 0.1) is 27.7 Å². The Morgan fingerprint density at radius 3 is 2.40 bits per heavy atom. The number of nitrogens with one attached hydrogen (secondary N) is 2. The number of carbonyl (C=O) groups is 2. The summed E-state index contributed by atoms with van der Waals surface area (Å²) in [6.07, 6.45) is -1.05. The number of hydrogen-bond donors (Lipinski definition) is 4. The number of halogens is 1. The summed E-state index contributed by atoms with van der Waals surface area (Å²) in [5.41, 5.74) is 2.78. The molecule has 4 N–H and O–H groups in total. The maximum Gasteiger partial charge on any atom is 0.519 e. The minimum absolute atomic E-state index is 0.00876. The number of aryl methyl sites for hydroxylation is 3. The largest absolute Gasteiger partial charge is 0.519 e. The van der Waals surface area contributed by atoms with Crippen molar-refractivity contribution in [2.24, 2.45) is 0 Å². The molecule has 0 aliphatic rings. The molecule has 43 heavy (non-hydrogen) atoms. The molecule has 4 aromatic rings. The molecule has 0 radical (unpaired) electrons. The van der Waals surface area contributed by atoms with Crippen LogP contribution in [0.25, 0.3) is 0 Å². The minimum Gasteiger partial charge on any atom is -0.395 e. The Hall–Kier alpha value is -4.03. The summed E-state index contributed by atoms with van der Waals surface area (Å²) >= 11 is 6.94. The van der Waals surface area contributed by atoms with E-state index < -0.39 is 27.5 Å². The van der Waals surface area contributed by atoms with Crippen LogP contribution in [0.4, 0.5) is 16.4 Å². The molecule has 0 spiro atoms. The molecule has 4 rings (SSSR count). The topological polar surface area (TPSA) is 190 Å². The maximum absolute atomic E-state index is 13.3. The molecule has 0 aliphatic carbocycles. The summed E-state index contributed by atoms with van der Waals surface area (Å²) < 4.78 is 43.9. The first-order chi connectivity index (χ1) is 20.3. The molecule has 0 aliphatic heterocycles. The van der Waals surface area contributed by atoms with E-state index in [4.69, 9.17) is 36.0 Å². The fraction of sp³-hybridized carbons (Fsp3) is 0.192. The summed E-state index contributed by atoms with van der Waals surface area (Å²) in [7, 11) is -4.27. The Bertz CT molecular complexity index is 1770. The molecular formula is C26H25ClN4O10S2. The van der Waals surface area contributed by atoms with Crippen molar-refractivity contribution in [1.29, 1.82) is 0 Å². The van der Waals surface area contributed by atoms with E-state index in [1.54, 1.807) is 26.8 Å². The molecule has 2 heterocycles. The van der Waals surface area contributed by atoms with E-state index in [2.05, 4.69) is 20.0 Å². The van der Waals surface area contributed by atoms with Gasteiger partial charge in [-0.15, -0.1) is 11.3 Å². The highest BCUT2D eigenvalue weighted by Crippen LogP contribution is 2.35. The molecule has 0 bridgehead atoms. The van der Waals surface area contributed by atoms with Gasteiger partial charge in [-0.2, -0.15) is 0 Å². The van der Waals surface area contributed by atoms with Crippen LogP contribution in [0.3, 0.4) is 0 Å². The van der Waals surface area contributed by atoms with Crippen LogP contribution in [0.2, 0.25) is 5.02 Å². The normalized spacial score (nSPS) is 11.4. The third-order valence-corrected chi connectivity index (χ3v) is 8.80. The summed E-state index contributed by atoms with van der Waals surface area (Å²) in [6.45, 7) is 6.47. The van der Waals surface area contributed by atoms with E-state index in [1.165, 1.54) is 42.6 Å². The number of rotatable bonds is 10. The second-order valence-electron chi connectivity index (χ2n) is 9.05. The molecule has 2 aromatic carbocycles. The Morgan fingerprint density at radius 1 is 1.07 bits per heavy atom. The maximum atomic E-state index is 13.3. The van der Waals surface area contributed by atoms with Gasteiger partial charge in [0.2, 0.25) is 0 Å². The van der Waals surface area contributed by atoms with Gasteiger partial charge in [0.1, 0.15) is 32.0 Å². The average molecular weight is 653 g/mol. The number of nitrogens with zero attached hydrogens (tertiary/aromatic N) is 2. The van der Waals surface area contributed by atoms with Crippen molar-refractivity contribution in [3.05, 3.63) is 79.6 Å². The first kappa shape index (κ1) is 31.9. The van der Waals surface area contributed by atoms with Crippen molar-refractivity contribution in [3.63, 3.8) is 0 Å². The molecule has 0 unspecified atom stereocenters. The zero-order valence-electron chi connectivity index (χ0n) is 23.0. The highest BCUT2D eigenvalue weighted by atomic mass is 35.5. The second kappa shape index (κ2) is 13.1. The molecule has 0 saturated heterocycles. The third-order valence-electron chi connectivity index (χ3n) is 5.94. The number of hydrogen-bond acceptors (Lipinski definition) is 13. The fourth-order valence-electron chi connectivity index (χ4n) is 3.95. The van der Waals surface area contributed by atoms with E-state index in [1.807, 2.05) is 0 Å². The minimum atomic E-state index is -4.27. The van der Waals surface area contributed by atoms with Crippen molar-refractivity contribution < 1.29 is 47.3 Å². The van der Waals surface area contributed by atoms with Crippen molar-refractivity contribution in [3.8, 4) is 11.5 Å². The fourth-order valence-corrected chi connectivity index (χ4v) is 6.44. The number of benzene rings is 2. The molecule has 0 saturated carbocycles. The van der Waals surface area contributed by atoms with E-state index in [-0.39, 0.29) is 44.5 Å². The van der Waals surface area contributed by atoms with Crippen LogP contribution in [-0.4, -0.2) is 41.4 Å². The van der Waals surface area contributed by atoms with Crippen molar-refractivity contribution >= 4 is 56.6 Å². The summed E-state index contributed by atoms with van der Waals surface area (Å²) in [5, 5.41) is 24.6. The van der Waals surface area contributed by atoms with Gasteiger partial charge in [0.05, 0.1) is 17.7 Å². The molecule has 2 aromatic heterocycles. The Labute approximate surface area is 254 Å². The smallest absolute Gasteiger partial charge is 0.395 e. The number of thiophene rings is 1. The Morgan fingerprint density at radius 2 is 1.77 bits per heavy atom. The summed E-state index contributed by atoms with van der Waals surface area (Å²) in [6, 6.07) is 8.95. The lowest BCUT2D eigenvalue weighted by atomic mass is 10.0. The van der Waals surface area contributed by atoms with Crippen LogP contribution in [-0.2, 0) is 21.5 Å². The Kier molecular flexibility index (Phi) is 9.71. The molecule has 0 fully saturated rings. The Balaban J connectivity index is 1.50. The predicted molar refractivity (Wildman–Crippen MR) is 153 cm³/mol. The summed E-state index contributed by atoms with van der Waals surface area (Å²) in [5.74, 6) is -0.706. The third kappa shape index (κ3) is 7.49. The van der Waals surface area contributed by atoms with Gasteiger partial charge in [0.15, 0.2) is 0 Å². The van der Waals surface area contributed by atoms with Crippen LogP contribution in [0.15, 0.2) is 51.2 Å². The van der Waals surface area contributed by atoms with Crippen molar-refractivity contribution in [1.82, 2.24) is 10.5 Å². The van der Waals surface area contributed by atoms with E-state index in [0.29, 0.717) is 27.9 Å².